The van der Waals surface area contributed by atoms with E-state index in [1.165, 1.54) is 18.8 Å². The minimum absolute atomic E-state index is 0.0177. The lowest BCUT2D eigenvalue weighted by atomic mass is 10.1. The summed E-state index contributed by atoms with van der Waals surface area (Å²) in [7, 11) is 0. The van der Waals surface area contributed by atoms with Gasteiger partial charge < -0.3 is 4.90 Å². The highest BCUT2D eigenvalue weighted by molar-refractivity contribution is 5.95. The van der Waals surface area contributed by atoms with Gasteiger partial charge in [-0.05, 0) is 25.3 Å². The molecule has 0 aromatic carbocycles. The normalized spacial score (nSPS) is 15.9. The first-order chi connectivity index (χ1) is 7.81. The second-order valence-corrected chi connectivity index (χ2v) is 3.98. The number of amides is 1. The summed E-state index contributed by atoms with van der Waals surface area (Å²) in [5, 5.41) is 0. The quantitative estimate of drug-likeness (QED) is 0.707. The Morgan fingerprint density at radius 3 is 2.69 bits per heavy atom. The van der Waals surface area contributed by atoms with Crippen molar-refractivity contribution >= 4 is 12.2 Å². The summed E-state index contributed by atoms with van der Waals surface area (Å²) >= 11 is 0. The van der Waals surface area contributed by atoms with E-state index < -0.39 is 0 Å². The van der Waals surface area contributed by atoms with Crippen molar-refractivity contribution in [3.8, 4) is 0 Å². The van der Waals surface area contributed by atoms with Crippen LogP contribution in [-0.2, 0) is 0 Å². The molecule has 2 heterocycles. The summed E-state index contributed by atoms with van der Waals surface area (Å²) in [6, 6.07) is 1.59. The average molecular weight is 218 g/mol. The number of rotatable bonds is 2. The Balaban J connectivity index is 2.15. The standard InChI is InChI=1S/C12H14N2O2/c15-9-10-6-11(8-13-7-10)12(16)14-4-2-1-3-5-14/h6-9H,1-5H2. The molecule has 16 heavy (non-hydrogen) atoms. The molecule has 2 rings (SSSR count). The number of carbonyl (C=O) groups is 2. The predicted octanol–water partition coefficient (Wildman–Crippen LogP) is 1.52. The number of hydrogen-bond acceptors (Lipinski definition) is 3. The highest BCUT2D eigenvalue weighted by Crippen LogP contribution is 2.12. The van der Waals surface area contributed by atoms with Gasteiger partial charge in [0.1, 0.15) is 0 Å². The molecule has 1 saturated heterocycles. The summed E-state index contributed by atoms with van der Waals surface area (Å²) in [6.07, 6.45) is 7.00. The van der Waals surface area contributed by atoms with Gasteiger partial charge in [0.15, 0.2) is 6.29 Å². The molecule has 0 aliphatic carbocycles. The van der Waals surface area contributed by atoms with E-state index in [-0.39, 0.29) is 5.91 Å². The molecule has 0 unspecified atom stereocenters. The lowest BCUT2D eigenvalue weighted by Gasteiger charge is -2.26. The van der Waals surface area contributed by atoms with Gasteiger partial charge in [-0.1, -0.05) is 0 Å². The SMILES string of the molecule is O=Cc1cncc(C(=O)N2CCCCC2)c1. The fourth-order valence-electron chi connectivity index (χ4n) is 1.92. The topological polar surface area (TPSA) is 50.3 Å². The fraction of sp³-hybridized carbons (Fsp3) is 0.417. The van der Waals surface area contributed by atoms with Gasteiger partial charge in [-0.3, -0.25) is 14.6 Å². The predicted molar refractivity (Wildman–Crippen MR) is 59.4 cm³/mol. The molecular formula is C12H14N2O2. The molecular weight excluding hydrogens is 204 g/mol. The van der Waals surface area contributed by atoms with Gasteiger partial charge in [-0.25, -0.2) is 0 Å². The van der Waals surface area contributed by atoms with Crippen LogP contribution in [0, 0.1) is 0 Å². The van der Waals surface area contributed by atoms with Crippen LogP contribution >= 0.6 is 0 Å². The maximum absolute atomic E-state index is 12.0. The van der Waals surface area contributed by atoms with Crippen LogP contribution in [0.1, 0.15) is 40.0 Å². The molecule has 1 fully saturated rings. The van der Waals surface area contributed by atoms with E-state index in [0.717, 1.165) is 25.9 Å². The molecule has 4 nitrogen and oxygen atoms in total. The van der Waals surface area contributed by atoms with Gasteiger partial charge in [0.25, 0.3) is 5.91 Å². The van der Waals surface area contributed by atoms with Gasteiger partial charge >= 0.3 is 0 Å². The molecule has 1 aromatic rings. The van der Waals surface area contributed by atoms with Crippen LogP contribution in [0.4, 0.5) is 0 Å². The Morgan fingerprint density at radius 1 is 1.25 bits per heavy atom. The number of aldehydes is 1. The maximum atomic E-state index is 12.0. The lowest BCUT2D eigenvalue weighted by molar-refractivity contribution is 0.0724. The smallest absolute Gasteiger partial charge is 0.255 e. The second-order valence-electron chi connectivity index (χ2n) is 3.98. The van der Waals surface area contributed by atoms with Crippen LogP contribution in [-0.4, -0.2) is 35.2 Å². The molecule has 0 atom stereocenters. The first-order valence-corrected chi connectivity index (χ1v) is 5.51. The third-order valence-electron chi connectivity index (χ3n) is 2.79. The van der Waals surface area contributed by atoms with Crippen molar-refractivity contribution in [1.29, 1.82) is 0 Å². The van der Waals surface area contributed by atoms with Crippen molar-refractivity contribution in [3.63, 3.8) is 0 Å². The van der Waals surface area contributed by atoms with E-state index in [9.17, 15) is 9.59 Å². The highest BCUT2D eigenvalue weighted by Gasteiger charge is 2.18. The number of pyridine rings is 1. The summed E-state index contributed by atoms with van der Waals surface area (Å²) in [5.41, 5.74) is 0.953. The molecule has 0 bridgehead atoms. The zero-order valence-electron chi connectivity index (χ0n) is 9.06. The summed E-state index contributed by atoms with van der Waals surface area (Å²) in [4.78, 5) is 28.4. The van der Waals surface area contributed by atoms with Gasteiger partial charge in [0.05, 0.1) is 5.56 Å². The first-order valence-electron chi connectivity index (χ1n) is 5.51. The lowest BCUT2D eigenvalue weighted by Crippen LogP contribution is -2.35. The van der Waals surface area contributed by atoms with Gasteiger partial charge in [0.2, 0.25) is 0 Å². The minimum atomic E-state index is -0.0177. The van der Waals surface area contributed by atoms with Crippen molar-refractivity contribution in [2.24, 2.45) is 0 Å². The Kier molecular flexibility index (Phi) is 3.29. The molecule has 0 spiro atoms. The number of nitrogens with zero attached hydrogens (tertiary/aromatic N) is 2. The summed E-state index contributed by atoms with van der Waals surface area (Å²) in [5.74, 6) is -0.0177. The third kappa shape index (κ3) is 2.27. The molecule has 0 radical (unpaired) electrons. The molecule has 0 saturated carbocycles. The number of carbonyl (C=O) groups excluding carboxylic acids is 2. The monoisotopic (exact) mass is 218 g/mol. The van der Waals surface area contributed by atoms with E-state index in [0.29, 0.717) is 17.4 Å². The molecule has 1 aromatic heterocycles. The highest BCUT2D eigenvalue weighted by atomic mass is 16.2. The van der Waals surface area contributed by atoms with Gasteiger partial charge in [0, 0.05) is 31.0 Å². The molecule has 1 amide bonds. The Bertz CT molecular complexity index is 398. The Hall–Kier alpha value is -1.71. The van der Waals surface area contributed by atoms with Crippen molar-refractivity contribution in [3.05, 3.63) is 29.6 Å². The second kappa shape index (κ2) is 4.88. The number of aromatic nitrogens is 1. The molecule has 84 valence electrons. The van der Waals surface area contributed by atoms with E-state index in [1.54, 1.807) is 6.07 Å². The van der Waals surface area contributed by atoms with E-state index >= 15 is 0 Å². The molecule has 4 heteroatoms. The zero-order chi connectivity index (χ0) is 11.4. The third-order valence-corrected chi connectivity index (χ3v) is 2.79. The molecule has 1 aliphatic heterocycles. The van der Waals surface area contributed by atoms with Crippen LogP contribution < -0.4 is 0 Å². The summed E-state index contributed by atoms with van der Waals surface area (Å²) < 4.78 is 0. The maximum Gasteiger partial charge on any atom is 0.255 e. The largest absolute Gasteiger partial charge is 0.339 e. The minimum Gasteiger partial charge on any atom is -0.339 e. The van der Waals surface area contributed by atoms with Crippen LogP contribution in [0.25, 0.3) is 0 Å². The van der Waals surface area contributed by atoms with Crippen molar-refractivity contribution in [2.75, 3.05) is 13.1 Å². The van der Waals surface area contributed by atoms with E-state index in [1.807, 2.05) is 4.90 Å². The van der Waals surface area contributed by atoms with E-state index in [4.69, 9.17) is 0 Å². The molecule has 0 N–H and O–H groups in total. The Labute approximate surface area is 94.3 Å². The average Bonchev–Trinajstić information content (AvgIpc) is 2.39. The summed E-state index contributed by atoms with van der Waals surface area (Å²) in [6.45, 7) is 1.62. The van der Waals surface area contributed by atoms with Crippen molar-refractivity contribution in [2.45, 2.75) is 19.3 Å². The molecule has 1 aliphatic rings. The van der Waals surface area contributed by atoms with Crippen LogP contribution in [0.5, 0.6) is 0 Å². The van der Waals surface area contributed by atoms with Crippen molar-refractivity contribution in [1.82, 2.24) is 9.88 Å². The van der Waals surface area contributed by atoms with Crippen LogP contribution in [0.3, 0.4) is 0 Å². The van der Waals surface area contributed by atoms with Gasteiger partial charge in [-0.2, -0.15) is 0 Å². The zero-order valence-corrected chi connectivity index (χ0v) is 9.06. The Morgan fingerprint density at radius 2 is 2.00 bits per heavy atom. The van der Waals surface area contributed by atoms with E-state index in [2.05, 4.69) is 4.98 Å². The van der Waals surface area contributed by atoms with Crippen LogP contribution in [0.2, 0.25) is 0 Å². The number of hydrogen-bond donors (Lipinski definition) is 0. The van der Waals surface area contributed by atoms with Crippen LogP contribution in [0.15, 0.2) is 18.5 Å². The fourth-order valence-corrected chi connectivity index (χ4v) is 1.92. The van der Waals surface area contributed by atoms with Gasteiger partial charge in [-0.15, -0.1) is 0 Å². The number of piperidine rings is 1. The number of likely N-dealkylation sites (tertiary alicyclic amines) is 1. The van der Waals surface area contributed by atoms with Crippen molar-refractivity contribution < 1.29 is 9.59 Å². The first kappa shape index (κ1) is 10.8.